The van der Waals surface area contributed by atoms with Crippen LogP contribution in [-0.4, -0.2) is 11.5 Å². The third-order valence-corrected chi connectivity index (χ3v) is 3.51. The van der Waals surface area contributed by atoms with E-state index in [9.17, 15) is 0 Å². The molecule has 1 atom stereocenters. The third-order valence-electron chi connectivity index (χ3n) is 3.21. The minimum Gasteiger partial charge on any atom is -0.437 e. The lowest BCUT2D eigenvalue weighted by atomic mass is 10.0. The second kappa shape index (κ2) is 3.47. The molecule has 1 aromatic carbocycles. The second-order valence-corrected chi connectivity index (χ2v) is 4.88. The summed E-state index contributed by atoms with van der Waals surface area (Å²) in [7, 11) is 0. The van der Waals surface area contributed by atoms with Crippen LogP contribution in [0, 0.1) is 0 Å². The van der Waals surface area contributed by atoms with Gasteiger partial charge in [0, 0.05) is 0 Å². The van der Waals surface area contributed by atoms with Crippen LogP contribution in [-0.2, 0) is 5.54 Å². The number of para-hydroxylation sites is 1. The van der Waals surface area contributed by atoms with Crippen molar-refractivity contribution < 1.29 is 4.42 Å². The molecule has 0 bridgehead atoms. The van der Waals surface area contributed by atoms with E-state index < -0.39 is 0 Å². The molecule has 3 rings (SSSR count). The summed E-state index contributed by atoms with van der Waals surface area (Å²) < 4.78 is 5.78. The highest BCUT2D eigenvalue weighted by Gasteiger charge is 2.35. The molecule has 1 aliphatic rings. The van der Waals surface area contributed by atoms with Gasteiger partial charge in [0.05, 0.1) is 10.6 Å². The lowest BCUT2D eigenvalue weighted by molar-refractivity contribution is 0.330. The molecule has 1 aliphatic heterocycles. The Morgan fingerprint density at radius 1 is 1.50 bits per heavy atom. The number of oxazole rings is 1. The Labute approximate surface area is 98.8 Å². The fourth-order valence-electron chi connectivity index (χ4n) is 2.23. The Morgan fingerprint density at radius 2 is 2.38 bits per heavy atom. The number of hydrogen-bond donors (Lipinski definition) is 1. The molecule has 1 unspecified atom stereocenters. The molecule has 2 aromatic rings. The molecule has 0 radical (unpaired) electrons. The maximum absolute atomic E-state index is 6.07. The summed E-state index contributed by atoms with van der Waals surface area (Å²) in [6, 6.07) is 5.64. The normalized spacial score (nSPS) is 25.4. The van der Waals surface area contributed by atoms with Gasteiger partial charge < -0.3 is 9.73 Å². The first-order valence-corrected chi connectivity index (χ1v) is 5.87. The fourth-order valence-corrected chi connectivity index (χ4v) is 2.44. The van der Waals surface area contributed by atoms with Crippen molar-refractivity contribution in [2.45, 2.75) is 25.3 Å². The van der Waals surface area contributed by atoms with Crippen molar-refractivity contribution >= 4 is 22.7 Å². The lowest BCUT2D eigenvalue weighted by Gasteiger charge is -2.19. The number of nitrogens with one attached hydrogen (secondary N) is 1. The summed E-state index contributed by atoms with van der Waals surface area (Å²) in [5.74, 6) is 0.744. The summed E-state index contributed by atoms with van der Waals surface area (Å²) in [5.41, 5.74) is 1.38. The number of aromatic nitrogens is 1. The van der Waals surface area contributed by atoms with Gasteiger partial charge in [-0.2, -0.15) is 0 Å². The number of hydrogen-bond acceptors (Lipinski definition) is 3. The predicted molar refractivity (Wildman–Crippen MR) is 63.6 cm³/mol. The van der Waals surface area contributed by atoms with Crippen LogP contribution in [0.15, 0.2) is 22.6 Å². The van der Waals surface area contributed by atoms with Crippen LogP contribution in [0.25, 0.3) is 11.1 Å². The van der Waals surface area contributed by atoms with Crippen molar-refractivity contribution in [3.05, 3.63) is 29.1 Å². The van der Waals surface area contributed by atoms with Gasteiger partial charge >= 0.3 is 0 Å². The minimum absolute atomic E-state index is 0.137. The molecule has 1 N–H and O–H groups in total. The Balaban J connectivity index is 2.15. The summed E-state index contributed by atoms with van der Waals surface area (Å²) in [5, 5.41) is 4.05. The molecule has 84 valence electrons. The molecule has 2 heterocycles. The summed E-state index contributed by atoms with van der Waals surface area (Å²) >= 11 is 6.07. The Morgan fingerprint density at radius 3 is 3.06 bits per heavy atom. The van der Waals surface area contributed by atoms with E-state index in [0.717, 1.165) is 30.8 Å². The molecule has 1 fully saturated rings. The first kappa shape index (κ1) is 10.1. The molecule has 0 saturated carbocycles. The van der Waals surface area contributed by atoms with Crippen LogP contribution in [0.1, 0.15) is 25.7 Å². The van der Waals surface area contributed by atoms with Crippen molar-refractivity contribution in [2.24, 2.45) is 0 Å². The molecule has 3 nitrogen and oxygen atoms in total. The molecule has 0 aliphatic carbocycles. The van der Waals surface area contributed by atoms with E-state index >= 15 is 0 Å². The molecule has 0 amide bonds. The van der Waals surface area contributed by atoms with E-state index in [0.29, 0.717) is 10.6 Å². The average Bonchev–Trinajstić information content (AvgIpc) is 2.85. The molecule has 1 aromatic heterocycles. The zero-order valence-corrected chi connectivity index (χ0v) is 9.84. The van der Waals surface area contributed by atoms with E-state index in [4.69, 9.17) is 16.0 Å². The summed E-state index contributed by atoms with van der Waals surface area (Å²) in [6.07, 6.45) is 2.21. The van der Waals surface area contributed by atoms with E-state index in [-0.39, 0.29) is 5.54 Å². The highest BCUT2D eigenvalue weighted by Crippen LogP contribution is 2.33. The molecular weight excluding hydrogens is 224 g/mol. The standard InChI is InChI=1S/C12H13ClN2O/c1-12(6-3-7-14-12)11-15-9-5-2-4-8(13)10(9)16-11/h2,4-5,14H,3,6-7H2,1H3. The van der Waals surface area contributed by atoms with Gasteiger partial charge in [-0.3, -0.25) is 0 Å². The fraction of sp³-hybridized carbons (Fsp3) is 0.417. The SMILES string of the molecule is CC1(c2nc3cccc(Cl)c3o2)CCCN1. The van der Waals surface area contributed by atoms with Crippen LogP contribution in [0.4, 0.5) is 0 Å². The van der Waals surface area contributed by atoms with Crippen LogP contribution in [0.3, 0.4) is 0 Å². The van der Waals surface area contributed by atoms with Gasteiger partial charge in [0.15, 0.2) is 5.58 Å². The van der Waals surface area contributed by atoms with E-state index in [2.05, 4.69) is 17.2 Å². The van der Waals surface area contributed by atoms with E-state index in [1.807, 2.05) is 18.2 Å². The van der Waals surface area contributed by atoms with Gasteiger partial charge in [-0.25, -0.2) is 4.98 Å². The maximum Gasteiger partial charge on any atom is 0.215 e. The minimum atomic E-state index is -0.137. The highest BCUT2D eigenvalue weighted by molar-refractivity contribution is 6.34. The summed E-state index contributed by atoms with van der Waals surface area (Å²) in [6.45, 7) is 3.14. The number of fused-ring (bicyclic) bond motifs is 1. The zero-order chi connectivity index (χ0) is 11.2. The number of benzene rings is 1. The van der Waals surface area contributed by atoms with Crippen molar-refractivity contribution in [2.75, 3.05) is 6.54 Å². The van der Waals surface area contributed by atoms with Gasteiger partial charge in [-0.1, -0.05) is 17.7 Å². The van der Waals surface area contributed by atoms with Crippen LogP contribution in [0.2, 0.25) is 5.02 Å². The molecular formula is C12H13ClN2O. The third kappa shape index (κ3) is 1.43. The zero-order valence-electron chi connectivity index (χ0n) is 9.09. The van der Waals surface area contributed by atoms with Gasteiger partial charge in [-0.05, 0) is 38.4 Å². The lowest BCUT2D eigenvalue weighted by Crippen LogP contribution is -2.33. The van der Waals surface area contributed by atoms with Crippen LogP contribution >= 0.6 is 11.6 Å². The second-order valence-electron chi connectivity index (χ2n) is 4.47. The molecule has 1 saturated heterocycles. The van der Waals surface area contributed by atoms with Crippen molar-refractivity contribution in [3.63, 3.8) is 0 Å². The average molecular weight is 237 g/mol. The Kier molecular flexibility index (Phi) is 2.19. The van der Waals surface area contributed by atoms with Crippen LogP contribution in [0.5, 0.6) is 0 Å². The molecule has 4 heteroatoms. The largest absolute Gasteiger partial charge is 0.437 e. The van der Waals surface area contributed by atoms with Crippen molar-refractivity contribution in [3.8, 4) is 0 Å². The van der Waals surface area contributed by atoms with Gasteiger partial charge in [0.25, 0.3) is 0 Å². The predicted octanol–water partition coefficient (Wildman–Crippen LogP) is 3.08. The first-order valence-electron chi connectivity index (χ1n) is 5.50. The van der Waals surface area contributed by atoms with Gasteiger partial charge in [0.2, 0.25) is 5.89 Å². The summed E-state index contributed by atoms with van der Waals surface area (Å²) in [4.78, 5) is 4.51. The van der Waals surface area contributed by atoms with Crippen molar-refractivity contribution in [1.82, 2.24) is 10.3 Å². The van der Waals surface area contributed by atoms with Gasteiger partial charge in [0.1, 0.15) is 5.52 Å². The number of halogens is 1. The van der Waals surface area contributed by atoms with Gasteiger partial charge in [-0.15, -0.1) is 0 Å². The number of nitrogens with zero attached hydrogens (tertiary/aromatic N) is 1. The van der Waals surface area contributed by atoms with E-state index in [1.54, 1.807) is 0 Å². The van der Waals surface area contributed by atoms with Crippen molar-refractivity contribution in [1.29, 1.82) is 0 Å². The molecule has 0 spiro atoms. The molecule has 16 heavy (non-hydrogen) atoms. The first-order chi connectivity index (χ1) is 7.69. The number of rotatable bonds is 1. The Bertz CT molecular complexity index is 529. The highest BCUT2D eigenvalue weighted by atomic mass is 35.5. The van der Waals surface area contributed by atoms with E-state index in [1.165, 1.54) is 0 Å². The monoisotopic (exact) mass is 236 g/mol. The smallest absolute Gasteiger partial charge is 0.215 e. The maximum atomic E-state index is 6.07. The quantitative estimate of drug-likeness (QED) is 0.827. The van der Waals surface area contributed by atoms with Crippen LogP contribution < -0.4 is 5.32 Å². The Hall–Kier alpha value is -1.06. The topological polar surface area (TPSA) is 38.1 Å².